The molecule has 0 aromatic carbocycles. The first kappa shape index (κ1) is 16.0. The SMILES string of the molecule is CC[C@@]1(C(=O)O)C[C@@H]2CC[C@H]1N2C(=O)c1cc(CC(C)C)[nH]n1. The number of nitrogens with one attached hydrogen (secondary N) is 1. The van der Waals surface area contributed by atoms with Gasteiger partial charge in [-0.3, -0.25) is 14.7 Å². The summed E-state index contributed by atoms with van der Waals surface area (Å²) in [6.45, 7) is 6.14. The predicted octanol–water partition coefficient (Wildman–Crippen LogP) is 2.47. The fourth-order valence-corrected chi connectivity index (χ4v) is 4.40. The summed E-state index contributed by atoms with van der Waals surface area (Å²) in [5.74, 6) is -0.408. The molecular formula is C17H25N3O3. The first-order chi connectivity index (χ1) is 10.9. The van der Waals surface area contributed by atoms with Gasteiger partial charge in [-0.05, 0) is 44.1 Å². The first-order valence-electron chi connectivity index (χ1n) is 8.49. The highest BCUT2D eigenvalue weighted by Gasteiger charge is 2.60. The van der Waals surface area contributed by atoms with Gasteiger partial charge in [-0.15, -0.1) is 0 Å². The molecule has 0 aliphatic carbocycles. The van der Waals surface area contributed by atoms with E-state index in [2.05, 4.69) is 24.0 Å². The Morgan fingerprint density at radius 1 is 1.48 bits per heavy atom. The Morgan fingerprint density at radius 2 is 2.22 bits per heavy atom. The van der Waals surface area contributed by atoms with Gasteiger partial charge in [0.1, 0.15) is 5.69 Å². The van der Waals surface area contributed by atoms with E-state index in [1.165, 1.54) is 0 Å². The lowest BCUT2D eigenvalue weighted by atomic mass is 9.72. The second-order valence-electron chi connectivity index (χ2n) is 7.35. The summed E-state index contributed by atoms with van der Waals surface area (Å²) >= 11 is 0. The van der Waals surface area contributed by atoms with Crippen LogP contribution in [0.1, 0.15) is 62.6 Å². The third-order valence-corrected chi connectivity index (χ3v) is 5.51. The molecule has 1 aromatic rings. The molecule has 3 heterocycles. The van der Waals surface area contributed by atoms with Crippen molar-refractivity contribution in [3.63, 3.8) is 0 Å². The topological polar surface area (TPSA) is 86.3 Å². The van der Waals surface area contributed by atoms with Crippen molar-refractivity contribution in [2.45, 2.75) is 65.0 Å². The maximum Gasteiger partial charge on any atom is 0.311 e. The lowest BCUT2D eigenvalue weighted by molar-refractivity contribution is -0.151. The highest BCUT2D eigenvalue weighted by molar-refractivity contribution is 5.94. The van der Waals surface area contributed by atoms with Gasteiger partial charge in [0.2, 0.25) is 0 Å². The molecule has 6 nitrogen and oxygen atoms in total. The van der Waals surface area contributed by atoms with Crippen LogP contribution in [-0.4, -0.2) is 44.2 Å². The lowest BCUT2D eigenvalue weighted by Crippen LogP contribution is -2.44. The predicted molar refractivity (Wildman–Crippen MR) is 85.1 cm³/mol. The number of carboxylic acids is 1. The molecule has 3 atom stereocenters. The van der Waals surface area contributed by atoms with Crippen molar-refractivity contribution in [3.8, 4) is 0 Å². The second-order valence-corrected chi connectivity index (χ2v) is 7.35. The van der Waals surface area contributed by atoms with Crippen LogP contribution in [0.3, 0.4) is 0 Å². The van der Waals surface area contributed by atoms with Gasteiger partial charge in [0.25, 0.3) is 5.91 Å². The number of aromatic nitrogens is 2. The Morgan fingerprint density at radius 3 is 2.78 bits per heavy atom. The van der Waals surface area contributed by atoms with Gasteiger partial charge in [0.05, 0.1) is 5.41 Å². The minimum atomic E-state index is -0.782. The van der Waals surface area contributed by atoms with E-state index in [4.69, 9.17) is 0 Å². The van der Waals surface area contributed by atoms with Crippen molar-refractivity contribution >= 4 is 11.9 Å². The van der Waals surface area contributed by atoms with Crippen LogP contribution in [-0.2, 0) is 11.2 Å². The number of amides is 1. The molecule has 6 heteroatoms. The summed E-state index contributed by atoms with van der Waals surface area (Å²) in [5.41, 5.74) is 0.583. The molecule has 1 amide bonds. The zero-order valence-corrected chi connectivity index (χ0v) is 14.0. The maximum atomic E-state index is 12.9. The second kappa shape index (κ2) is 5.65. The Bertz CT molecular complexity index is 624. The summed E-state index contributed by atoms with van der Waals surface area (Å²) in [6, 6.07) is 1.65. The highest BCUT2D eigenvalue weighted by atomic mass is 16.4. The highest BCUT2D eigenvalue weighted by Crippen LogP contribution is 2.52. The van der Waals surface area contributed by atoms with E-state index in [9.17, 15) is 14.7 Å². The van der Waals surface area contributed by atoms with E-state index >= 15 is 0 Å². The van der Waals surface area contributed by atoms with E-state index in [-0.39, 0.29) is 18.0 Å². The largest absolute Gasteiger partial charge is 0.481 e. The molecule has 0 radical (unpaired) electrons. The van der Waals surface area contributed by atoms with Gasteiger partial charge in [-0.25, -0.2) is 0 Å². The van der Waals surface area contributed by atoms with Crippen molar-refractivity contribution in [1.82, 2.24) is 15.1 Å². The minimum Gasteiger partial charge on any atom is -0.481 e. The molecule has 2 aliphatic rings. The molecular weight excluding hydrogens is 294 g/mol. The van der Waals surface area contributed by atoms with Crippen molar-refractivity contribution in [3.05, 3.63) is 17.5 Å². The summed E-state index contributed by atoms with van der Waals surface area (Å²) < 4.78 is 0. The van der Waals surface area contributed by atoms with Crippen molar-refractivity contribution in [1.29, 1.82) is 0 Å². The zero-order valence-electron chi connectivity index (χ0n) is 14.0. The lowest BCUT2D eigenvalue weighted by Gasteiger charge is -2.32. The number of nitrogens with zero attached hydrogens (tertiary/aromatic N) is 2. The summed E-state index contributed by atoms with van der Waals surface area (Å²) in [6.07, 6.45) is 3.65. The van der Waals surface area contributed by atoms with Crippen molar-refractivity contribution in [2.75, 3.05) is 0 Å². The number of carbonyl (C=O) groups is 2. The molecule has 0 saturated carbocycles. The van der Waals surface area contributed by atoms with Gasteiger partial charge < -0.3 is 10.0 Å². The average molecular weight is 319 g/mol. The number of carbonyl (C=O) groups excluding carboxylic acids is 1. The number of hydrogen-bond acceptors (Lipinski definition) is 3. The number of hydrogen-bond donors (Lipinski definition) is 2. The quantitative estimate of drug-likeness (QED) is 0.873. The van der Waals surface area contributed by atoms with Crippen LogP contribution >= 0.6 is 0 Å². The average Bonchev–Trinajstić information content (AvgIpc) is 3.18. The normalized spacial score (nSPS) is 29.5. The van der Waals surface area contributed by atoms with Crippen LogP contribution in [0.4, 0.5) is 0 Å². The summed E-state index contributed by atoms with van der Waals surface area (Å²) in [7, 11) is 0. The van der Waals surface area contributed by atoms with E-state index in [1.807, 2.05) is 13.0 Å². The number of H-pyrrole nitrogens is 1. The molecule has 0 spiro atoms. The molecule has 23 heavy (non-hydrogen) atoms. The third kappa shape index (κ3) is 2.44. The van der Waals surface area contributed by atoms with E-state index < -0.39 is 11.4 Å². The molecule has 3 rings (SSSR count). The van der Waals surface area contributed by atoms with Crippen LogP contribution < -0.4 is 0 Å². The Hall–Kier alpha value is -1.85. The van der Waals surface area contributed by atoms with Crippen LogP contribution in [0, 0.1) is 11.3 Å². The molecule has 0 unspecified atom stereocenters. The number of carboxylic acid groups (broad SMARTS) is 1. The maximum absolute atomic E-state index is 12.9. The fraction of sp³-hybridized carbons (Fsp3) is 0.706. The van der Waals surface area contributed by atoms with Gasteiger partial charge in [0.15, 0.2) is 0 Å². The number of aliphatic carboxylic acids is 1. The Kier molecular flexibility index (Phi) is 3.94. The number of rotatable bonds is 5. The third-order valence-electron chi connectivity index (χ3n) is 5.51. The van der Waals surface area contributed by atoms with Gasteiger partial charge in [0, 0.05) is 17.8 Å². The zero-order chi connectivity index (χ0) is 16.8. The van der Waals surface area contributed by atoms with Crippen LogP contribution in [0.15, 0.2) is 6.07 Å². The van der Waals surface area contributed by atoms with E-state index in [0.29, 0.717) is 24.5 Å². The fourth-order valence-electron chi connectivity index (χ4n) is 4.40. The Balaban J connectivity index is 1.83. The van der Waals surface area contributed by atoms with Gasteiger partial charge in [-0.2, -0.15) is 5.10 Å². The van der Waals surface area contributed by atoms with Crippen LogP contribution in [0.25, 0.3) is 0 Å². The molecule has 2 bridgehead atoms. The van der Waals surface area contributed by atoms with Gasteiger partial charge >= 0.3 is 5.97 Å². The molecule has 2 fully saturated rings. The van der Waals surface area contributed by atoms with Crippen molar-refractivity contribution in [2.24, 2.45) is 11.3 Å². The smallest absolute Gasteiger partial charge is 0.311 e. The standard InChI is InChI=1S/C17H25N3O3/c1-4-17(16(22)23)9-12-5-6-14(17)20(12)15(21)13-8-11(18-19-13)7-10(2)3/h8,10,12,14H,4-7,9H2,1-3H3,(H,18,19)(H,22,23)/t12-,14+,17+/m0/s1. The molecule has 1 aromatic heterocycles. The molecule has 126 valence electrons. The van der Waals surface area contributed by atoms with Crippen LogP contribution in [0.2, 0.25) is 0 Å². The monoisotopic (exact) mass is 319 g/mol. The Labute approximate surface area is 136 Å². The minimum absolute atomic E-state index is 0.0359. The number of aromatic amines is 1. The first-order valence-corrected chi connectivity index (χ1v) is 8.49. The summed E-state index contributed by atoms with van der Waals surface area (Å²) in [5, 5.41) is 16.8. The molecule has 2 N–H and O–H groups in total. The molecule has 2 aliphatic heterocycles. The van der Waals surface area contributed by atoms with Gasteiger partial charge in [-0.1, -0.05) is 20.8 Å². The van der Waals surface area contributed by atoms with Crippen molar-refractivity contribution < 1.29 is 14.7 Å². The number of fused-ring (bicyclic) bond motifs is 2. The van der Waals surface area contributed by atoms with Crippen LogP contribution in [0.5, 0.6) is 0 Å². The van der Waals surface area contributed by atoms with E-state index in [0.717, 1.165) is 25.0 Å². The van der Waals surface area contributed by atoms with E-state index in [1.54, 1.807) is 4.90 Å². The summed E-state index contributed by atoms with van der Waals surface area (Å²) in [4.78, 5) is 26.5. The molecule has 2 saturated heterocycles.